The van der Waals surface area contributed by atoms with Crippen molar-refractivity contribution in [2.45, 2.75) is 33.2 Å². The number of aryl methyl sites for hydroxylation is 1. The van der Waals surface area contributed by atoms with Crippen LogP contribution in [0.15, 0.2) is 4.79 Å². The minimum atomic E-state index is -0.182. The molecule has 0 unspecified atom stereocenters. The summed E-state index contributed by atoms with van der Waals surface area (Å²) in [6.07, 6.45) is 1.58. The maximum absolute atomic E-state index is 11.6. The van der Waals surface area contributed by atoms with Crippen molar-refractivity contribution in [2.24, 2.45) is 0 Å². The van der Waals surface area contributed by atoms with Gasteiger partial charge in [0.05, 0.1) is 0 Å². The van der Waals surface area contributed by atoms with Crippen LogP contribution in [0.4, 0.5) is 0 Å². The molecule has 19 heavy (non-hydrogen) atoms. The average molecular weight is 268 g/mol. The van der Waals surface area contributed by atoms with E-state index in [0.717, 1.165) is 11.4 Å². The third-order valence-corrected chi connectivity index (χ3v) is 2.95. The number of nitrogens with one attached hydrogen (secondary N) is 3. The Bertz CT molecular complexity index is 490. The summed E-state index contributed by atoms with van der Waals surface area (Å²) in [6, 6.07) is 0. The first kappa shape index (κ1) is 15.0. The monoisotopic (exact) mass is 268 g/mol. The molecule has 0 aliphatic carbocycles. The molecule has 0 aromatic carbocycles. The Hall–Kier alpha value is -2.05. The molecule has 0 atom stereocenters. The van der Waals surface area contributed by atoms with Gasteiger partial charge in [0.2, 0.25) is 12.3 Å². The third kappa shape index (κ3) is 4.61. The number of aromatic amines is 1. The van der Waals surface area contributed by atoms with Crippen LogP contribution < -0.4 is 16.3 Å². The van der Waals surface area contributed by atoms with Crippen LogP contribution in [0.5, 0.6) is 0 Å². The SMILES string of the molecule is Cc1[nH]c(=O)n(CCC(=O)NCCCNC=O)c1C. The van der Waals surface area contributed by atoms with Crippen LogP contribution in [0.1, 0.15) is 24.2 Å². The standard InChI is InChI=1S/C12H20N4O3/c1-9-10(2)16(12(19)15-9)7-4-11(18)14-6-3-5-13-8-17/h8H,3-7H2,1-2H3,(H,13,17)(H,14,18)(H,15,19). The molecular formula is C12H20N4O3. The van der Waals surface area contributed by atoms with Crippen molar-refractivity contribution in [3.05, 3.63) is 21.9 Å². The van der Waals surface area contributed by atoms with E-state index in [1.807, 2.05) is 13.8 Å². The molecule has 0 saturated heterocycles. The van der Waals surface area contributed by atoms with Gasteiger partial charge in [0, 0.05) is 37.4 Å². The summed E-state index contributed by atoms with van der Waals surface area (Å²) >= 11 is 0. The molecule has 1 heterocycles. The molecule has 0 bridgehead atoms. The number of aromatic nitrogens is 2. The highest BCUT2D eigenvalue weighted by molar-refractivity contribution is 5.75. The second-order valence-electron chi connectivity index (χ2n) is 4.32. The zero-order chi connectivity index (χ0) is 14.3. The fraction of sp³-hybridized carbons (Fsp3) is 0.583. The predicted octanol–water partition coefficient (Wildman–Crippen LogP) is -0.564. The van der Waals surface area contributed by atoms with E-state index in [9.17, 15) is 14.4 Å². The molecule has 3 N–H and O–H groups in total. The van der Waals surface area contributed by atoms with Crippen molar-refractivity contribution >= 4 is 12.3 Å². The molecule has 1 aromatic heterocycles. The van der Waals surface area contributed by atoms with Crippen LogP contribution in [0.2, 0.25) is 0 Å². The van der Waals surface area contributed by atoms with Crippen molar-refractivity contribution in [2.75, 3.05) is 13.1 Å². The Morgan fingerprint density at radius 3 is 2.68 bits per heavy atom. The lowest BCUT2D eigenvalue weighted by Crippen LogP contribution is -2.29. The Balaban J connectivity index is 2.30. The van der Waals surface area contributed by atoms with E-state index in [4.69, 9.17) is 0 Å². The minimum Gasteiger partial charge on any atom is -0.359 e. The summed E-state index contributed by atoms with van der Waals surface area (Å²) in [5, 5.41) is 5.25. The molecule has 7 nitrogen and oxygen atoms in total. The number of carbonyl (C=O) groups is 2. The molecule has 0 spiro atoms. The molecule has 1 rings (SSSR count). The van der Waals surface area contributed by atoms with Crippen LogP contribution >= 0.6 is 0 Å². The van der Waals surface area contributed by atoms with Gasteiger partial charge in [0.1, 0.15) is 0 Å². The molecular weight excluding hydrogens is 248 g/mol. The lowest BCUT2D eigenvalue weighted by atomic mass is 10.3. The van der Waals surface area contributed by atoms with Crippen LogP contribution in [0.25, 0.3) is 0 Å². The smallest absolute Gasteiger partial charge is 0.325 e. The minimum absolute atomic E-state index is 0.101. The number of carbonyl (C=O) groups excluding carboxylic acids is 2. The number of hydrogen-bond acceptors (Lipinski definition) is 3. The van der Waals surface area contributed by atoms with Crippen molar-refractivity contribution in [3.63, 3.8) is 0 Å². The second kappa shape index (κ2) is 7.40. The Morgan fingerprint density at radius 2 is 2.11 bits per heavy atom. The van der Waals surface area contributed by atoms with Crippen molar-refractivity contribution in [3.8, 4) is 0 Å². The van der Waals surface area contributed by atoms with Gasteiger partial charge in [0.25, 0.3) is 0 Å². The van der Waals surface area contributed by atoms with E-state index in [1.165, 1.54) is 0 Å². The van der Waals surface area contributed by atoms with E-state index in [0.29, 0.717) is 32.5 Å². The molecule has 0 fully saturated rings. The Kier molecular flexibility index (Phi) is 5.84. The fourth-order valence-corrected chi connectivity index (χ4v) is 1.72. The largest absolute Gasteiger partial charge is 0.359 e. The number of nitrogens with zero attached hydrogens (tertiary/aromatic N) is 1. The number of hydrogen-bond donors (Lipinski definition) is 3. The number of imidazole rings is 1. The van der Waals surface area contributed by atoms with Gasteiger partial charge in [-0.3, -0.25) is 14.2 Å². The van der Waals surface area contributed by atoms with Gasteiger partial charge < -0.3 is 15.6 Å². The second-order valence-corrected chi connectivity index (χ2v) is 4.32. The van der Waals surface area contributed by atoms with Crippen LogP contribution in [-0.4, -0.2) is 35.0 Å². The normalized spacial score (nSPS) is 10.2. The quantitative estimate of drug-likeness (QED) is 0.435. The predicted molar refractivity (Wildman–Crippen MR) is 70.8 cm³/mol. The number of H-pyrrole nitrogens is 1. The van der Waals surface area contributed by atoms with Crippen molar-refractivity contribution in [1.82, 2.24) is 20.2 Å². The first-order valence-corrected chi connectivity index (χ1v) is 6.26. The summed E-state index contributed by atoms with van der Waals surface area (Å²) in [5.74, 6) is -0.101. The molecule has 0 aliphatic heterocycles. The fourth-order valence-electron chi connectivity index (χ4n) is 1.72. The Morgan fingerprint density at radius 1 is 1.37 bits per heavy atom. The summed E-state index contributed by atoms with van der Waals surface area (Å²) in [7, 11) is 0. The van der Waals surface area contributed by atoms with E-state index in [1.54, 1.807) is 4.57 Å². The van der Waals surface area contributed by atoms with Crippen LogP contribution in [-0.2, 0) is 16.1 Å². The van der Waals surface area contributed by atoms with Crippen LogP contribution in [0, 0.1) is 13.8 Å². The van der Waals surface area contributed by atoms with Gasteiger partial charge >= 0.3 is 5.69 Å². The van der Waals surface area contributed by atoms with Crippen molar-refractivity contribution < 1.29 is 9.59 Å². The topological polar surface area (TPSA) is 96.0 Å². The van der Waals surface area contributed by atoms with Crippen molar-refractivity contribution in [1.29, 1.82) is 0 Å². The molecule has 106 valence electrons. The van der Waals surface area contributed by atoms with E-state index >= 15 is 0 Å². The van der Waals surface area contributed by atoms with Gasteiger partial charge in [-0.1, -0.05) is 0 Å². The van der Waals surface area contributed by atoms with Gasteiger partial charge in [-0.05, 0) is 20.3 Å². The summed E-state index contributed by atoms with van der Waals surface area (Å²) in [5.41, 5.74) is 1.50. The molecule has 0 radical (unpaired) electrons. The lowest BCUT2D eigenvalue weighted by molar-refractivity contribution is -0.121. The summed E-state index contributed by atoms with van der Waals surface area (Å²) < 4.78 is 1.56. The zero-order valence-corrected chi connectivity index (χ0v) is 11.3. The van der Waals surface area contributed by atoms with Gasteiger partial charge in [-0.15, -0.1) is 0 Å². The third-order valence-electron chi connectivity index (χ3n) is 2.95. The average Bonchev–Trinajstić information content (AvgIpc) is 2.61. The maximum atomic E-state index is 11.6. The zero-order valence-electron chi connectivity index (χ0n) is 11.3. The van der Waals surface area contributed by atoms with E-state index in [2.05, 4.69) is 15.6 Å². The first-order valence-electron chi connectivity index (χ1n) is 6.26. The van der Waals surface area contributed by atoms with Gasteiger partial charge in [-0.2, -0.15) is 0 Å². The number of rotatable bonds is 8. The highest BCUT2D eigenvalue weighted by atomic mass is 16.2. The maximum Gasteiger partial charge on any atom is 0.325 e. The van der Waals surface area contributed by atoms with Crippen LogP contribution in [0.3, 0.4) is 0 Å². The van der Waals surface area contributed by atoms with E-state index < -0.39 is 0 Å². The Labute approximate surface area is 111 Å². The highest BCUT2D eigenvalue weighted by Gasteiger charge is 2.08. The molecule has 2 amide bonds. The van der Waals surface area contributed by atoms with Gasteiger partial charge in [-0.25, -0.2) is 4.79 Å². The highest BCUT2D eigenvalue weighted by Crippen LogP contribution is 2.00. The molecule has 0 aliphatic rings. The summed E-state index contributed by atoms with van der Waals surface area (Å²) in [4.78, 5) is 35.8. The summed E-state index contributed by atoms with van der Waals surface area (Å²) in [6.45, 7) is 5.09. The molecule has 7 heteroatoms. The van der Waals surface area contributed by atoms with E-state index in [-0.39, 0.29) is 18.0 Å². The first-order chi connectivity index (χ1) is 9.06. The lowest BCUT2D eigenvalue weighted by Gasteiger charge is -2.06. The number of amides is 2. The molecule has 0 saturated carbocycles. The molecule has 1 aromatic rings. The van der Waals surface area contributed by atoms with Gasteiger partial charge in [0.15, 0.2) is 0 Å².